The van der Waals surface area contributed by atoms with E-state index in [9.17, 15) is 14.9 Å². The predicted molar refractivity (Wildman–Crippen MR) is 189 cm³/mol. The normalized spacial score (nSPS) is 18.3. The third kappa shape index (κ3) is 6.41. The largest absolute Gasteiger partial charge is 0.493 e. The number of hydrogen-bond acceptors (Lipinski definition) is 11. The summed E-state index contributed by atoms with van der Waals surface area (Å²) in [6, 6.07) is 16.5. The SMILES string of the molecule is COc1cc([N+](=O)[O-])c2cc1Oc1ccc(cc1)C[C@H]1c3cc(c(OC)cc3CCN1C)Oc1c(OC(C)=O)c(OC)cc3c1[C@H](C2)N(C)CC3. The zero-order valence-corrected chi connectivity index (χ0v) is 29.6. The highest BCUT2D eigenvalue weighted by Gasteiger charge is 2.36. The molecule has 12 nitrogen and oxygen atoms in total. The number of fused-ring (bicyclic) bond motifs is 2. The molecule has 0 aliphatic carbocycles. The Hall–Kier alpha value is -5.33. The molecule has 2 atom stereocenters. The molecule has 0 spiro atoms. The van der Waals surface area contributed by atoms with Gasteiger partial charge in [0.05, 0.1) is 32.3 Å². The van der Waals surface area contributed by atoms with E-state index in [2.05, 4.69) is 16.8 Å². The molecule has 6 bridgehead atoms. The van der Waals surface area contributed by atoms with Crippen molar-refractivity contribution < 1.29 is 38.1 Å². The molecule has 0 radical (unpaired) electrons. The first-order chi connectivity index (χ1) is 24.6. The van der Waals surface area contributed by atoms with Crippen molar-refractivity contribution in [3.8, 4) is 46.0 Å². The third-order valence-corrected chi connectivity index (χ3v) is 10.2. The summed E-state index contributed by atoms with van der Waals surface area (Å²) in [5.41, 5.74) is 5.36. The van der Waals surface area contributed by atoms with Crippen LogP contribution >= 0.6 is 0 Å². The molecule has 0 amide bonds. The van der Waals surface area contributed by atoms with Crippen molar-refractivity contribution in [3.63, 3.8) is 0 Å². The minimum Gasteiger partial charge on any atom is -0.493 e. The van der Waals surface area contributed by atoms with Gasteiger partial charge < -0.3 is 28.4 Å². The average Bonchev–Trinajstić information content (AvgIpc) is 3.11. The van der Waals surface area contributed by atoms with E-state index in [1.165, 1.54) is 32.8 Å². The van der Waals surface area contributed by atoms with E-state index in [1.54, 1.807) is 13.2 Å². The van der Waals surface area contributed by atoms with Crippen molar-refractivity contribution in [3.05, 3.63) is 98.1 Å². The third-order valence-electron chi connectivity index (χ3n) is 10.2. The van der Waals surface area contributed by atoms with E-state index >= 15 is 0 Å². The lowest BCUT2D eigenvalue weighted by Gasteiger charge is -2.37. The fourth-order valence-electron chi connectivity index (χ4n) is 7.54. The van der Waals surface area contributed by atoms with Gasteiger partial charge in [-0.25, -0.2) is 0 Å². The summed E-state index contributed by atoms with van der Waals surface area (Å²) < 4.78 is 36.5. The standard InChI is InChI=1S/C39H41N3O9/c1-22(43)49-38-36(48-6)18-25-12-14-41(3)31-16-26-19-34(33(47-5)21-29(26)42(44)45)50-27-9-7-23(8-10-27)15-30-28-20-35(51-39(38)37(25)31)32(46-4)17-24(28)11-13-40(30)2/h7-10,17-21,30-31H,11-16H2,1-6H3/t30-,31-/m0/s1. The second-order valence-corrected chi connectivity index (χ2v) is 13.2. The molecule has 4 heterocycles. The van der Waals surface area contributed by atoms with Crippen LogP contribution in [0.15, 0.2) is 54.6 Å². The molecule has 266 valence electrons. The lowest BCUT2D eigenvalue weighted by Crippen LogP contribution is -2.34. The Bertz CT molecular complexity index is 2010. The Morgan fingerprint density at radius 3 is 2.08 bits per heavy atom. The minimum atomic E-state index is -0.550. The summed E-state index contributed by atoms with van der Waals surface area (Å²) in [6.45, 7) is 2.85. The molecule has 0 saturated carbocycles. The Morgan fingerprint density at radius 2 is 1.41 bits per heavy atom. The quantitative estimate of drug-likeness (QED) is 0.0930. The van der Waals surface area contributed by atoms with Crippen molar-refractivity contribution in [2.75, 3.05) is 48.5 Å². The number of methoxy groups -OCH3 is 3. The van der Waals surface area contributed by atoms with Crippen LogP contribution in [-0.2, 0) is 30.5 Å². The Kier molecular flexibility index (Phi) is 9.21. The Morgan fingerprint density at radius 1 is 0.784 bits per heavy atom. The molecule has 4 aliphatic heterocycles. The maximum Gasteiger partial charge on any atom is 0.308 e. The molecule has 0 aromatic heterocycles. The number of likely N-dealkylation sites (N-methyl/N-ethyl adjacent to an activating group) is 2. The molecule has 0 saturated heterocycles. The fraction of sp³-hybridized carbons (Fsp3) is 0.359. The number of rotatable bonds is 5. The van der Waals surface area contributed by atoms with Crippen LogP contribution in [0.3, 0.4) is 0 Å². The van der Waals surface area contributed by atoms with E-state index < -0.39 is 16.9 Å². The monoisotopic (exact) mass is 695 g/mol. The number of esters is 1. The van der Waals surface area contributed by atoms with Crippen LogP contribution in [0, 0.1) is 10.1 Å². The predicted octanol–water partition coefficient (Wildman–Crippen LogP) is 6.99. The topological polar surface area (TPSA) is 122 Å². The van der Waals surface area contributed by atoms with Crippen LogP contribution in [0.4, 0.5) is 5.69 Å². The molecular formula is C39H41N3O9. The summed E-state index contributed by atoms with van der Waals surface area (Å²) in [5.74, 6) is 2.38. The number of nitro benzene ring substituents is 1. The zero-order valence-electron chi connectivity index (χ0n) is 29.6. The maximum absolute atomic E-state index is 12.6. The molecule has 8 rings (SSSR count). The van der Waals surface area contributed by atoms with Crippen LogP contribution in [0.2, 0.25) is 0 Å². The number of benzene rings is 4. The van der Waals surface area contributed by atoms with E-state index in [0.717, 1.165) is 41.6 Å². The molecule has 0 fully saturated rings. The van der Waals surface area contributed by atoms with Crippen molar-refractivity contribution in [1.82, 2.24) is 9.80 Å². The van der Waals surface area contributed by atoms with Crippen molar-refractivity contribution >= 4 is 11.7 Å². The number of nitro groups is 1. The van der Waals surface area contributed by atoms with Gasteiger partial charge in [0.2, 0.25) is 5.75 Å². The highest BCUT2D eigenvalue weighted by atomic mass is 16.6. The van der Waals surface area contributed by atoms with Gasteiger partial charge in [0.15, 0.2) is 34.5 Å². The van der Waals surface area contributed by atoms with Gasteiger partial charge in [-0.3, -0.25) is 24.7 Å². The second-order valence-electron chi connectivity index (χ2n) is 13.2. The molecule has 0 unspecified atom stereocenters. The molecule has 4 aromatic rings. The molecular weight excluding hydrogens is 654 g/mol. The number of hydrogen-bond donors (Lipinski definition) is 0. The van der Waals surface area contributed by atoms with Crippen molar-refractivity contribution in [1.29, 1.82) is 0 Å². The summed E-state index contributed by atoms with van der Waals surface area (Å²) in [5, 5.41) is 12.5. The highest BCUT2D eigenvalue weighted by molar-refractivity contribution is 5.74. The van der Waals surface area contributed by atoms with Crippen LogP contribution < -0.4 is 28.4 Å². The van der Waals surface area contributed by atoms with Crippen molar-refractivity contribution in [2.45, 2.75) is 44.7 Å². The average molecular weight is 696 g/mol. The maximum atomic E-state index is 12.6. The van der Waals surface area contributed by atoms with Gasteiger partial charge in [-0.1, -0.05) is 12.1 Å². The highest BCUT2D eigenvalue weighted by Crippen LogP contribution is 2.52. The Balaban J connectivity index is 1.52. The van der Waals surface area contributed by atoms with Crippen LogP contribution in [0.25, 0.3) is 0 Å². The number of ether oxygens (including phenoxy) is 6. The first-order valence-electron chi connectivity index (χ1n) is 16.9. The molecule has 4 aromatic carbocycles. The van der Waals surface area contributed by atoms with E-state index in [1.807, 2.05) is 49.5 Å². The van der Waals surface area contributed by atoms with E-state index in [4.69, 9.17) is 28.4 Å². The van der Waals surface area contributed by atoms with Crippen LogP contribution in [-0.4, -0.2) is 69.2 Å². The smallest absolute Gasteiger partial charge is 0.308 e. The number of carbonyl (C=O) groups excluding carboxylic acids is 1. The second kappa shape index (κ2) is 13.8. The van der Waals surface area contributed by atoms with Crippen LogP contribution in [0.1, 0.15) is 52.4 Å². The van der Waals surface area contributed by atoms with Gasteiger partial charge in [0.1, 0.15) is 5.75 Å². The molecule has 12 heteroatoms. The van der Waals surface area contributed by atoms with Gasteiger partial charge in [-0.2, -0.15) is 0 Å². The van der Waals surface area contributed by atoms with Gasteiger partial charge in [-0.15, -0.1) is 0 Å². The number of nitrogens with zero attached hydrogens (tertiary/aromatic N) is 3. The van der Waals surface area contributed by atoms with Gasteiger partial charge in [-0.05, 0) is 98.4 Å². The summed E-state index contributed by atoms with van der Waals surface area (Å²) in [6.07, 6.45) is 2.40. The van der Waals surface area contributed by atoms with Crippen molar-refractivity contribution in [2.24, 2.45) is 0 Å². The minimum absolute atomic E-state index is 0.0380. The lowest BCUT2D eigenvalue weighted by molar-refractivity contribution is -0.385. The molecule has 51 heavy (non-hydrogen) atoms. The summed E-state index contributed by atoms with van der Waals surface area (Å²) in [7, 11) is 8.67. The van der Waals surface area contributed by atoms with E-state index in [-0.39, 0.29) is 29.6 Å². The van der Waals surface area contributed by atoms with Crippen LogP contribution in [0.5, 0.6) is 46.0 Å². The molecule has 4 aliphatic rings. The summed E-state index contributed by atoms with van der Waals surface area (Å²) >= 11 is 0. The first kappa shape index (κ1) is 34.1. The zero-order chi connectivity index (χ0) is 36.0. The molecule has 0 N–H and O–H groups in total. The number of carbonyl (C=O) groups is 1. The lowest BCUT2D eigenvalue weighted by atomic mass is 9.87. The first-order valence-corrected chi connectivity index (χ1v) is 16.9. The van der Waals surface area contributed by atoms with E-state index in [0.29, 0.717) is 53.0 Å². The Labute approximate surface area is 296 Å². The van der Waals surface area contributed by atoms with Gasteiger partial charge in [0, 0.05) is 43.2 Å². The van der Waals surface area contributed by atoms with Gasteiger partial charge in [0.25, 0.3) is 5.69 Å². The fourth-order valence-corrected chi connectivity index (χ4v) is 7.54. The van der Waals surface area contributed by atoms with Gasteiger partial charge >= 0.3 is 5.97 Å². The summed E-state index contributed by atoms with van der Waals surface area (Å²) in [4.78, 5) is 29.2.